The topological polar surface area (TPSA) is 59.8 Å². The van der Waals surface area contributed by atoms with Gasteiger partial charge >= 0.3 is 0 Å². The summed E-state index contributed by atoms with van der Waals surface area (Å²) in [5.41, 5.74) is 1.89. The van der Waals surface area contributed by atoms with Gasteiger partial charge in [0.1, 0.15) is 9.33 Å². The molecule has 118 valence electrons. The van der Waals surface area contributed by atoms with Gasteiger partial charge in [-0.1, -0.05) is 65.6 Å². The Morgan fingerprint density at radius 3 is 2.71 bits per heavy atom. The smallest absolute Gasteiger partial charge is 0.263 e. The molecule has 5 nitrogen and oxygen atoms in total. The Balaban J connectivity index is 1.69. The van der Waals surface area contributed by atoms with Crippen molar-refractivity contribution in [1.82, 2.24) is 20.1 Å². The minimum Gasteiger partial charge on any atom is -0.307 e. The number of hydrogen-bond donors (Lipinski definition) is 1. The van der Waals surface area contributed by atoms with Crippen LogP contribution in [0.15, 0.2) is 53.6 Å². The lowest BCUT2D eigenvalue weighted by molar-refractivity contribution is -0.115. The van der Waals surface area contributed by atoms with Crippen molar-refractivity contribution in [2.24, 2.45) is 0 Å². The van der Waals surface area contributed by atoms with Gasteiger partial charge in [0.2, 0.25) is 5.13 Å². The fraction of sp³-hybridized carbons (Fsp3) is 0. The first-order valence-corrected chi connectivity index (χ1v) is 9.06. The largest absolute Gasteiger partial charge is 0.307 e. The minimum absolute atomic E-state index is 0.167. The average Bonchev–Trinajstić information content (AvgIpc) is 3.29. The summed E-state index contributed by atoms with van der Waals surface area (Å²) in [6, 6.07) is 13.8. The van der Waals surface area contributed by atoms with Gasteiger partial charge in [0, 0.05) is 17.5 Å². The third-order valence-electron chi connectivity index (χ3n) is 3.34. The Bertz CT molecular complexity index is 959. The number of carbonyl (C=O) groups excluding carboxylic acids is 1. The first kappa shape index (κ1) is 15.3. The van der Waals surface area contributed by atoms with Crippen molar-refractivity contribution in [1.29, 1.82) is 0 Å². The Morgan fingerprint density at radius 1 is 1.12 bits per heavy atom. The summed E-state index contributed by atoms with van der Waals surface area (Å²) in [4.78, 5) is 12.4. The number of rotatable bonds is 3. The highest BCUT2D eigenvalue weighted by Gasteiger charge is 2.22. The summed E-state index contributed by atoms with van der Waals surface area (Å²) in [5.74, 6) is -0.167. The summed E-state index contributed by atoms with van der Waals surface area (Å²) < 4.78 is 2.39. The van der Waals surface area contributed by atoms with E-state index in [0.717, 1.165) is 21.4 Å². The molecule has 3 aromatic rings. The molecular weight excluding hydrogens is 360 g/mol. The van der Waals surface area contributed by atoms with E-state index in [2.05, 4.69) is 15.5 Å². The second-order valence-electron chi connectivity index (χ2n) is 4.91. The molecule has 1 fully saturated rings. The van der Waals surface area contributed by atoms with Crippen molar-refractivity contribution >= 4 is 51.6 Å². The van der Waals surface area contributed by atoms with Gasteiger partial charge in [0.05, 0.1) is 4.91 Å². The number of hydrogen-bond acceptors (Lipinski definition) is 6. The van der Waals surface area contributed by atoms with E-state index in [0.29, 0.717) is 9.23 Å². The number of aromatic nitrogens is 3. The molecule has 0 spiro atoms. The molecule has 0 atom stereocenters. The number of carbonyl (C=O) groups is 1. The van der Waals surface area contributed by atoms with Crippen molar-refractivity contribution in [3.05, 3.63) is 59.3 Å². The Morgan fingerprint density at radius 2 is 1.96 bits per heavy atom. The van der Waals surface area contributed by atoms with E-state index >= 15 is 0 Å². The average molecular weight is 370 g/mol. The SMILES string of the molecule is O=C1NC(=S)SC1=Cc1cccn1-c1nnc(-c2ccccc2)s1. The van der Waals surface area contributed by atoms with Crippen molar-refractivity contribution in [2.45, 2.75) is 0 Å². The van der Waals surface area contributed by atoms with Gasteiger partial charge in [-0.15, -0.1) is 10.2 Å². The molecule has 1 N–H and O–H groups in total. The molecule has 2 aromatic heterocycles. The van der Waals surface area contributed by atoms with Gasteiger partial charge in [-0.05, 0) is 18.2 Å². The molecule has 1 aliphatic heterocycles. The van der Waals surface area contributed by atoms with E-state index in [4.69, 9.17) is 12.2 Å². The summed E-state index contributed by atoms with van der Waals surface area (Å²) >= 11 is 7.77. The number of thioether (sulfide) groups is 1. The second-order valence-corrected chi connectivity index (χ2v) is 7.59. The molecule has 0 saturated carbocycles. The molecule has 8 heteroatoms. The predicted octanol–water partition coefficient (Wildman–Crippen LogP) is 3.48. The zero-order valence-corrected chi connectivity index (χ0v) is 14.6. The van der Waals surface area contributed by atoms with Crippen molar-refractivity contribution in [3.8, 4) is 15.7 Å². The highest BCUT2D eigenvalue weighted by molar-refractivity contribution is 8.26. The van der Waals surface area contributed by atoms with Crippen LogP contribution >= 0.6 is 35.3 Å². The van der Waals surface area contributed by atoms with Crippen molar-refractivity contribution in [2.75, 3.05) is 0 Å². The van der Waals surface area contributed by atoms with E-state index in [1.165, 1.54) is 23.1 Å². The lowest BCUT2D eigenvalue weighted by Gasteiger charge is -2.01. The van der Waals surface area contributed by atoms with Crippen LogP contribution in [0.3, 0.4) is 0 Å². The normalized spacial score (nSPS) is 15.9. The van der Waals surface area contributed by atoms with Gasteiger partial charge < -0.3 is 5.32 Å². The maximum Gasteiger partial charge on any atom is 0.263 e. The van der Waals surface area contributed by atoms with Gasteiger partial charge in [-0.25, -0.2) is 0 Å². The maximum atomic E-state index is 11.8. The summed E-state index contributed by atoms with van der Waals surface area (Å²) in [6.45, 7) is 0. The van der Waals surface area contributed by atoms with E-state index in [-0.39, 0.29) is 5.91 Å². The Hall–Kier alpha value is -2.29. The molecule has 3 heterocycles. The van der Waals surface area contributed by atoms with Crippen LogP contribution in [-0.4, -0.2) is 25.0 Å². The molecule has 0 aliphatic carbocycles. The van der Waals surface area contributed by atoms with Crippen LogP contribution < -0.4 is 5.32 Å². The number of amides is 1. The maximum absolute atomic E-state index is 11.8. The first-order valence-electron chi connectivity index (χ1n) is 7.02. The van der Waals surface area contributed by atoms with E-state index in [1.807, 2.05) is 59.3 Å². The van der Waals surface area contributed by atoms with Crippen LogP contribution in [0.4, 0.5) is 0 Å². The molecule has 0 bridgehead atoms. The third kappa shape index (κ3) is 2.91. The molecule has 1 amide bonds. The van der Waals surface area contributed by atoms with Gasteiger partial charge in [0.15, 0.2) is 0 Å². The zero-order chi connectivity index (χ0) is 16.5. The zero-order valence-electron chi connectivity index (χ0n) is 12.2. The molecule has 0 unspecified atom stereocenters. The van der Waals surface area contributed by atoms with E-state index < -0.39 is 0 Å². The summed E-state index contributed by atoms with van der Waals surface area (Å²) in [6.07, 6.45) is 3.71. The number of thiocarbonyl (C=S) groups is 1. The molecular formula is C16H10N4OS3. The molecule has 1 saturated heterocycles. The lowest BCUT2D eigenvalue weighted by Crippen LogP contribution is -2.17. The molecule has 1 aromatic carbocycles. The van der Waals surface area contributed by atoms with E-state index in [1.54, 1.807) is 0 Å². The number of nitrogens with one attached hydrogen (secondary N) is 1. The highest BCUT2D eigenvalue weighted by atomic mass is 32.2. The van der Waals surface area contributed by atoms with Gasteiger partial charge in [-0.2, -0.15) is 0 Å². The quantitative estimate of drug-likeness (QED) is 0.565. The molecule has 0 radical (unpaired) electrons. The Labute approximate surface area is 151 Å². The molecule has 1 aliphatic rings. The van der Waals surface area contributed by atoms with E-state index in [9.17, 15) is 4.79 Å². The van der Waals surface area contributed by atoms with Gasteiger partial charge in [-0.3, -0.25) is 9.36 Å². The van der Waals surface area contributed by atoms with Crippen molar-refractivity contribution < 1.29 is 4.79 Å². The fourth-order valence-corrected chi connectivity index (χ4v) is 4.14. The third-order valence-corrected chi connectivity index (χ3v) is 5.48. The Kier molecular flexibility index (Phi) is 4.01. The van der Waals surface area contributed by atoms with Gasteiger partial charge in [0.25, 0.3) is 5.91 Å². The summed E-state index contributed by atoms with van der Waals surface area (Å²) in [5, 5.41) is 12.8. The lowest BCUT2D eigenvalue weighted by atomic mass is 10.2. The minimum atomic E-state index is -0.167. The van der Waals surface area contributed by atoms with Crippen LogP contribution in [0.1, 0.15) is 5.69 Å². The van der Waals surface area contributed by atoms with Crippen LogP contribution in [0.2, 0.25) is 0 Å². The van der Waals surface area contributed by atoms with Crippen LogP contribution in [0.25, 0.3) is 21.8 Å². The molecule has 24 heavy (non-hydrogen) atoms. The standard InChI is InChI=1S/C16H10N4OS3/c21-13-12(23-16(22)17-13)9-11-7-4-8-20(11)15-19-18-14(24-15)10-5-2-1-3-6-10/h1-9H,(H,17,21,22). The monoisotopic (exact) mass is 370 g/mol. The van der Waals surface area contributed by atoms with Crippen molar-refractivity contribution in [3.63, 3.8) is 0 Å². The summed E-state index contributed by atoms with van der Waals surface area (Å²) in [7, 11) is 0. The number of benzene rings is 1. The van der Waals surface area contributed by atoms with Crippen LogP contribution in [0.5, 0.6) is 0 Å². The predicted molar refractivity (Wildman–Crippen MR) is 101 cm³/mol. The second kappa shape index (κ2) is 6.31. The van der Waals surface area contributed by atoms with Crippen LogP contribution in [0, 0.1) is 0 Å². The van der Waals surface area contributed by atoms with Crippen LogP contribution in [-0.2, 0) is 4.79 Å². The highest BCUT2D eigenvalue weighted by Crippen LogP contribution is 2.29. The fourth-order valence-electron chi connectivity index (χ4n) is 2.25. The first-order chi connectivity index (χ1) is 11.7. The number of nitrogens with zero attached hydrogens (tertiary/aromatic N) is 3. The molecule has 4 rings (SSSR count).